The van der Waals surface area contributed by atoms with E-state index in [9.17, 15) is 9.59 Å². The van der Waals surface area contributed by atoms with Gasteiger partial charge in [-0.1, -0.05) is 0 Å². The van der Waals surface area contributed by atoms with Crippen molar-refractivity contribution in [1.82, 2.24) is 9.99 Å². The van der Waals surface area contributed by atoms with Gasteiger partial charge in [-0.3, -0.25) is 4.79 Å². The number of nitrogens with zero attached hydrogens (tertiary/aromatic N) is 2. The largest absolute Gasteiger partial charge is 0.481 e. The molecule has 1 atom stereocenters. The molecule has 0 spiro atoms. The summed E-state index contributed by atoms with van der Waals surface area (Å²) in [6.07, 6.45) is 0.860. The molecule has 0 unspecified atom stereocenters. The van der Waals surface area contributed by atoms with E-state index in [-0.39, 0.29) is 5.91 Å². The molecule has 1 amide bonds. The normalized spacial score (nSPS) is 12.6. The van der Waals surface area contributed by atoms with Crippen molar-refractivity contribution in [2.75, 3.05) is 0 Å². The van der Waals surface area contributed by atoms with Crippen LogP contribution < -0.4 is 15.8 Å². The molecule has 0 aliphatic carbocycles. The van der Waals surface area contributed by atoms with Crippen LogP contribution in [0.1, 0.15) is 49.3 Å². The first-order chi connectivity index (χ1) is 14.2. The van der Waals surface area contributed by atoms with E-state index in [4.69, 9.17) is 9.15 Å². The standard InChI is InChI=1S/C23H27N3O4/c1-13(2)26-15(4)10-18(16(26)5)12-24-25-23(28)17(6)29-19-7-8-20-14(3)9-22(27)30-21(20)11-19/h7-13,17H,1-6H3,(H,25,28)/b24-12-/t17-/m0/s1. The average molecular weight is 409 g/mol. The molecule has 0 bridgehead atoms. The van der Waals surface area contributed by atoms with Gasteiger partial charge in [-0.05, 0) is 65.3 Å². The summed E-state index contributed by atoms with van der Waals surface area (Å²) in [5.74, 6) is 0.0538. The van der Waals surface area contributed by atoms with Gasteiger partial charge >= 0.3 is 5.63 Å². The third-order valence-corrected chi connectivity index (χ3v) is 5.02. The van der Waals surface area contributed by atoms with Crippen LogP contribution in [0.15, 0.2) is 44.6 Å². The molecule has 7 heteroatoms. The molecule has 3 rings (SSSR count). The lowest BCUT2D eigenvalue weighted by atomic mass is 10.1. The molecule has 7 nitrogen and oxygen atoms in total. The van der Waals surface area contributed by atoms with Crippen LogP contribution in [0, 0.1) is 20.8 Å². The van der Waals surface area contributed by atoms with Crippen LogP contribution in [0.25, 0.3) is 11.0 Å². The molecular formula is C23H27N3O4. The summed E-state index contributed by atoms with van der Waals surface area (Å²) in [7, 11) is 0. The highest BCUT2D eigenvalue weighted by atomic mass is 16.5. The van der Waals surface area contributed by atoms with Crippen molar-refractivity contribution in [3.63, 3.8) is 0 Å². The molecule has 0 radical (unpaired) electrons. The molecule has 0 fully saturated rings. The first kappa shape index (κ1) is 21.4. The van der Waals surface area contributed by atoms with Gasteiger partial charge in [-0.25, -0.2) is 10.2 Å². The Kier molecular flexibility index (Phi) is 6.10. The Balaban J connectivity index is 1.67. The number of hydrogen-bond donors (Lipinski definition) is 1. The lowest BCUT2D eigenvalue weighted by Crippen LogP contribution is -2.33. The minimum atomic E-state index is -0.778. The molecule has 30 heavy (non-hydrogen) atoms. The zero-order chi connectivity index (χ0) is 22.0. The Morgan fingerprint density at radius 2 is 1.90 bits per heavy atom. The van der Waals surface area contributed by atoms with Crippen LogP contribution in [0.2, 0.25) is 0 Å². The summed E-state index contributed by atoms with van der Waals surface area (Å²) in [5.41, 5.74) is 6.53. The van der Waals surface area contributed by atoms with Crippen molar-refractivity contribution in [2.45, 2.75) is 53.7 Å². The van der Waals surface area contributed by atoms with Crippen molar-refractivity contribution >= 4 is 23.1 Å². The maximum absolute atomic E-state index is 12.3. The Bertz CT molecular complexity index is 1170. The van der Waals surface area contributed by atoms with Gasteiger partial charge in [0, 0.05) is 40.5 Å². The van der Waals surface area contributed by atoms with Gasteiger partial charge in [0.15, 0.2) is 6.10 Å². The van der Waals surface area contributed by atoms with E-state index in [0.29, 0.717) is 17.4 Å². The Morgan fingerprint density at radius 1 is 1.17 bits per heavy atom. The van der Waals surface area contributed by atoms with Crippen LogP contribution in [0.3, 0.4) is 0 Å². The number of hydrogen-bond acceptors (Lipinski definition) is 5. The zero-order valence-corrected chi connectivity index (χ0v) is 18.1. The fraction of sp³-hybridized carbons (Fsp3) is 0.348. The van der Waals surface area contributed by atoms with Gasteiger partial charge in [-0.15, -0.1) is 0 Å². The quantitative estimate of drug-likeness (QED) is 0.379. The number of aromatic nitrogens is 1. The van der Waals surface area contributed by atoms with E-state index in [0.717, 1.165) is 27.9 Å². The predicted octanol–water partition coefficient (Wildman–Crippen LogP) is 4.02. The van der Waals surface area contributed by atoms with Gasteiger partial charge in [0.1, 0.15) is 11.3 Å². The van der Waals surface area contributed by atoms with Crippen LogP contribution in [0.4, 0.5) is 0 Å². The van der Waals surface area contributed by atoms with Crippen molar-refractivity contribution < 1.29 is 13.9 Å². The number of nitrogens with one attached hydrogen (secondary N) is 1. The molecule has 0 aliphatic rings. The van der Waals surface area contributed by atoms with Gasteiger partial charge in [0.25, 0.3) is 5.91 Å². The number of hydrazone groups is 1. The van der Waals surface area contributed by atoms with E-state index in [1.807, 2.05) is 26.8 Å². The molecular weight excluding hydrogens is 382 g/mol. The zero-order valence-electron chi connectivity index (χ0n) is 18.1. The molecule has 1 N–H and O–H groups in total. The Labute approximate surface area is 175 Å². The number of amides is 1. The number of ether oxygens (including phenoxy) is 1. The van der Waals surface area contributed by atoms with Crippen LogP contribution in [-0.4, -0.2) is 22.8 Å². The van der Waals surface area contributed by atoms with E-state index in [1.54, 1.807) is 31.3 Å². The summed E-state index contributed by atoms with van der Waals surface area (Å²) in [6.45, 7) is 11.8. The van der Waals surface area contributed by atoms with Crippen LogP contribution in [-0.2, 0) is 4.79 Å². The average Bonchev–Trinajstić information content (AvgIpc) is 2.94. The molecule has 2 heterocycles. The lowest BCUT2D eigenvalue weighted by Gasteiger charge is -2.13. The highest BCUT2D eigenvalue weighted by Gasteiger charge is 2.15. The number of carbonyl (C=O) groups is 1. The second-order valence-corrected chi connectivity index (χ2v) is 7.69. The lowest BCUT2D eigenvalue weighted by molar-refractivity contribution is -0.127. The molecule has 1 aromatic carbocycles. The highest BCUT2D eigenvalue weighted by molar-refractivity contribution is 5.85. The molecule has 3 aromatic rings. The number of rotatable bonds is 6. The Hall–Kier alpha value is -3.35. The minimum Gasteiger partial charge on any atom is -0.481 e. The number of carbonyl (C=O) groups excluding carboxylic acids is 1. The van der Waals surface area contributed by atoms with E-state index < -0.39 is 11.7 Å². The fourth-order valence-electron chi connectivity index (χ4n) is 3.62. The summed E-state index contributed by atoms with van der Waals surface area (Å²) < 4.78 is 13.1. The summed E-state index contributed by atoms with van der Waals surface area (Å²) in [5, 5.41) is 4.90. The maximum atomic E-state index is 12.3. The van der Waals surface area contributed by atoms with Gasteiger partial charge in [0.05, 0.1) is 6.21 Å². The molecule has 0 aliphatic heterocycles. The summed E-state index contributed by atoms with van der Waals surface area (Å²) in [4.78, 5) is 23.9. The van der Waals surface area contributed by atoms with E-state index in [1.165, 1.54) is 6.07 Å². The van der Waals surface area contributed by atoms with Gasteiger partial charge in [0.2, 0.25) is 0 Å². The van der Waals surface area contributed by atoms with Crippen LogP contribution in [0.5, 0.6) is 5.75 Å². The summed E-state index contributed by atoms with van der Waals surface area (Å²) in [6, 6.07) is 8.98. The second kappa shape index (κ2) is 8.57. The summed E-state index contributed by atoms with van der Waals surface area (Å²) >= 11 is 0. The van der Waals surface area contributed by atoms with Crippen molar-refractivity contribution in [3.05, 3.63) is 63.3 Å². The minimum absolute atomic E-state index is 0.352. The Morgan fingerprint density at radius 3 is 2.57 bits per heavy atom. The first-order valence-corrected chi connectivity index (χ1v) is 9.90. The van der Waals surface area contributed by atoms with E-state index >= 15 is 0 Å². The third-order valence-electron chi connectivity index (χ3n) is 5.02. The van der Waals surface area contributed by atoms with Gasteiger partial charge in [-0.2, -0.15) is 5.10 Å². The van der Waals surface area contributed by atoms with Crippen molar-refractivity contribution in [1.29, 1.82) is 0 Å². The topological polar surface area (TPSA) is 85.8 Å². The van der Waals surface area contributed by atoms with Gasteiger partial charge < -0.3 is 13.7 Å². The second-order valence-electron chi connectivity index (χ2n) is 7.69. The third kappa shape index (κ3) is 4.45. The first-order valence-electron chi connectivity index (χ1n) is 9.90. The predicted molar refractivity (Wildman–Crippen MR) is 117 cm³/mol. The maximum Gasteiger partial charge on any atom is 0.336 e. The molecule has 0 saturated heterocycles. The molecule has 0 saturated carbocycles. The SMILES string of the molecule is Cc1cc(=O)oc2cc(O[C@@H](C)C(=O)N/N=C\c3cc(C)n(C(C)C)c3C)ccc12. The monoisotopic (exact) mass is 409 g/mol. The van der Waals surface area contributed by atoms with Crippen molar-refractivity contribution in [2.24, 2.45) is 5.10 Å². The fourth-order valence-corrected chi connectivity index (χ4v) is 3.62. The van der Waals surface area contributed by atoms with E-state index in [2.05, 4.69) is 28.9 Å². The smallest absolute Gasteiger partial charge is 0.336 e. The highest BCUT2D eigenvalue weighted by Crippen LogP contribution is 2.23. The van der Waals surface area contributed by atoms with Crippen molar-refractivity contribution in [3.8, 4) is 5.75 Å². The molecule has 158 valence electrons. The van der Waals surface area contributed by atoms with Crippen LogP contribution >= 0.6 is 0 Å². The molecule has 2 aromatic heterocycles. The number of fused-ring (bicyclic) bond motifs is 1. The number of benzene rings is 1. The number of aryl methyl sites for hydroxylation is 2.